The Morgan fingerprint density at radius 3 is 3.20 bits per heavy atom. The number of aryl methyl sites for hydroxylation is 1. The van der Waals surface area contributed by atoms with Crippen molar-refractivity contribution in [1.82, 2.24) is 14.5 Å². The van der Waals surface area contributed by atoms with Crippen molar-refractivity contribution in [1.29, 1.82) is 0 Å². The number of fused-ring (bicyclic) bond motifs is 1. The maximum atomic E-state index is 12.2. The summed E-state index contributed by atoms with van der Waals surface area (Å²) in [4.78, 5) is 18.2. The van der Waals surface area contributed by atoms with Crippen molar-refractivity contribution < 1.29 is 9.53 Å². The van der Waals surface area contributed by atoms with Crippen LogP contribution in [0.25, 0.3) is 0 Å². The van der Waals surface area contributed by atoms with Gasteiger partial charge in [-0.1, -0.05) is 6.42 Å². The molecule has 20 heavy (non-hydrogen) atoms. The largest absolute Gasteiger partial charge is 0.364 e. The molecule has 2 fully saturated rings. The molecule has 0 bridgehead atoms. The lowest BCUT2D eigenvalue weighted by molar-refractivity contribution is -0.136. The number of rotatable bonds is 4. The molecule has 1 saturated heterocycles. The molecular weight excluding hydrogens is 256 g/mol. The quantitative estimate of drug-likeness (QED) is 0.858. The smallest absolute Gasteiger partial charge is 0.248 e. The third-order valence-electron chi connectivity index (χ3n) is 4.66. The number of amides is 1. The molecule has 1 aromatic rings. The van der Waals surface area contributed by atoms with Crippen LogP contribution in [0.2, 0.25) is 0 Å². The Balaban J connectivity index is 1.47. The number of carbonyl (C=O) groups is 1. The van der Waals surface area contributed by atoms with Gasteiger partial charge in [0.05, 0.1) is 0 Å². The molecule has 1 saturated carbocycles. The van der Waals surface area contributed by atoms with E-state index in [2.05, 4.69) is 4.98 Å². The first kappa shape index (κ1) is 13.6. The van der Waals surface area contributed by atoms with Gasteiger partial charge in [0.15, 0.2) is 0 Å². The van der Waals surface area contributed by atoms with Gasteiger partial charge in [-0.3, -0.25) is 4.79 Å². The van der Waals surface area contributed by atoms with Crippen molar-refractivity contribution in [2.24, 2.45) is 18.7 Å². The Bertz CT molecular complexity index is 501. The fourth-order valence-corrected chi connectivity index (χ4v) is 3.38. The van der Waals surface area contributed by atoms with Gasteiger partial charge in [-0.05, 0) is 18.8 Å². The Hall–Kier alpha value is -1.40. The molecule has 110 valence electrons. The van der Waals surface area contributed by atoms with E-state index in [4.69, 9.17) is 10.5 Å². The van der Waals surface area contributed by atoms with Gasteiger partial charge in [0, 0.05) is 38.1 Å². The molecule has 0 aromatic carbocycles. The summed E-state index contributed by atoms with van der Waals surface area (Å²) in [5.41, 5.74) is 6.23. The fourth-order valence-electron chi connectivity index (χ4n) is 3.38. The van der Waals surface area contributed by atoms with E-state index in [1.54, 1.807) is 6.20 Å². The predicted octanol–water partition coefficient (Wildman–Crippen LogP) is 0.277. The molecule has 1 aromatic heterocycles. The first-order valence-electron chi connectivity index (χ1n) is 7.19. The predicted molar refractivity (Wildman–Crippen MR) is 73.7 cm³/mol. The van der Waals surface area contributed by atoms with Crippen molar-refractivity contribution in [3.8, 4) is 0 Å². The van der Waals surface area contributed by atoms with Crippen LogP contribution in [0, 0.1) is 5.92 Å². The normalized spacial score (nSPS) is 28.9. The van der Waals surface area contributed by atoms with Gasteiger partial charge in [0.2, 0.25) is 5.91 Å². The Morgan fingerprint density at radius 2 is 2.50 bits per heavy atom. The van der Waals surface area contributed by atoms with Gasteiger partial charge in [-0.25, -0.2) is 4.98 Å². The second kappa shape index (κ2) is 5.18. The van der Waals surface area contributed by atoms with Crippen molar-refractivity contribution in [3.05, 3.63) is 18.2 Å². The fraction of sp³-hybridized carbons (Fsp3) is 0.714. The van der Waals surface area contributed by atoms with Gasteiger partial charge in [0.1, 0.15) is 19.0 Å². The Kier molecular flexibility index (Phi) is 3.52. The molecule has 2 heterocycles. The van der Waals surface area contributed by atoms with Crippen molar-refractivity contribution >= 4 is 5.91 Å². The molecule has 2 aliphatic rings. The maximum Gasteiger partial charge on any atom is 0.248 e. The minimum Gasteiger partial charge on any atom is -0.364 e. The van der Waals surface area contributed by atoms with Crippen LogP contribution >= 0.6 is 0 Å². The number of hydrogen-bond donors (Lipinski definition) is 1. The highest BCUT2D eigenvalue weighted by atomic mass is 16.5. The number of carbonyl (C=O) groups excluding carboxylic acids is 1. The lowest BCUT2D eigenvalue weighted by Crippen LogP contribution is -2.45. The average Bonchev–Trinajstić information content (AvgIpc) is 3.03. The first-order valence-corrected chi connectivity index (χ1v) is 7.19. The number of nitrogens with zero attached hydrogens (tertiary/aromatic N) is 3. The van der Waals surface area contributed by atoms with Crippen LogP contribution in [0.1, 0.15) is 25.1 Å². The van der Waals surface area contributed by atoms with E-state index >= 15 is 0 Å². The molecule has 2 unspecified atom stereocenters. The zero-order valence-corrected chi connectivity index (χ0v) is 11.9. The topological polar surface area (TPSA) is 73.4 Å². The molecule has 0 radical (unpaired) electrons. The van der Waals surface area contributed by atoms with Crippen molar-refractivity contribution in [2.75, 3.05) is 19.7 Å². The lowest BCUT2D eigenvalue weighted by atomic mass is 9.92. The number of nitrogens with two attached hydrogens (primary N) is 1. The summed E-state index contributed by atoms with van der Waals surface area (Å²) in [7, 11) is 1.91. The second-order valence-electron chi connectivity index (χ2n) is 6.04. The third kappa shape index (κ3) is 2.45. The SMILES string of the molecule is Cn1ccnc1COCC(=O)N1CC2CCCC2(N)C1. The standard InChI is InChI=1S/C14H22N4O2/c1-17-6-5-16-12(17)8-20-9-13(19)18-7-11-3-2-4-14(11,15)10-18/h5-6,11H,2-4,7-10,15H2,1H3. The molecule has 1 amide bonds. The van der Waals surface area contributed by atoms with Crippen LogP contribution in [-0.2, 0) is 23.2 Å². The molecule has 6 nitrogen and oxygen atoms in total. The van der Waals surface area contributed by atoms with E-state index in [1.165, 1.54) is 6.42 Å². The van der Waals surface area contributed by atoms with E-state index < -0.39 is 0 Å². The minimum absolute atomic E-state index is 0.0402. The maximum absolute atomic E-state index is 12.2. The number of imidazole rings is 1. The number of aromatic nitrogens is 2. The van der Waals surface area contributed by atoms with Crippen LogP contribution in [0.5, 0.6) is 0 Å². The molecule has 1 aliphatic carbocycles. The van der Waals surface area contributed by atoms with Gasteiger partial charge < -0.3 is 19.9 Å². The molecule has 6 heteroatoms. The molecule has 0 spiro atoms. The molecule has 2 N–H and O–H groups in total. The van der Waals surface area contributed by atoms with E-state index in [0.717, 1.165) is 25.2 Å². The van der Waals surface area contributed by atoms with Gasteiger partial charge in [-0.15, -0.1) is 0 Å². The van der Waals surface area contributed by atoms with E-state index in [0.29, 0.717) is 19.1 Å². The summed E-state index contributed by atoms with van der Waals surface area (Å²) >= 11 is 0. The summed E-state index contributed by atoms with van der Waals surface area (Å²) in [6, 6.07) is 0. The number of ether oxygens (including phenoxy) is 1. The molecule has 3 rings (SSSR count). The molecular formula is C14H22N4O2. The summed E-state index contributed by atoms with van der Waals surface area (Å²) in [6.45, 7) is 1.94. The Morgan fingerprint density at radius 1 is 1.65 bits per heavy atom. The van der Waals surface area contributed by atoms with Crippen LogP contribution in [0.15, 0.2) is 12.4 Å². The van der Waals surface area contributed by atoms with Crippen molar-refractivity contribution in [2.45, 2.75) is 31.4 Å². The van der Waals surface area contributed by atoms with Crippen LogP contribution in [-0.4, -0.2) is 45.6 Å². The number of likely N-dealkylation sites (tertiary alicyclic amines) is 1. The zero-order valence-electron chi connectivity index (χ0n) is 11.9. The van der Waals surface area contributed by atoms with Crippen LogP contribution < -0.4 is 5.73 Å². The highest BCUT2D eigenvalue weighted by Gasteiger charge is 2.47. The van der Waals surface area contributed by atoms with Gasteiger partial charge in [0.25, 0.3) is 0 Å². The first-order chi connectivity index (χ1) is 9.58. The van der Waals surface area contributed by atoms with Crippen LogP contribution in [0.3, 0.4) is 0 Å². The second-order valence-corrected chi connectivity index (χ2v) is 6.04. The summed E-state index contributed by atoms with van der Waals surface area (Å²) in [5.74, 6) is 1.34. The summed E-state index contributed by atoms with van der Waals surface area (Å²) in [5, 5.41) is 0. The monoisotopic (exact) mass is 278 g/mol. The van der Waals surface area contributed by atoms with Crippen molar-refractivity contribution in [3.63, 3.8) is 0 Å². The number of hydrogen-bond acceptors (Lipinski definition) is 4. The summed E-state index contributed by atoms with van der Waals surface area (Å²) < 4.78 is 7.36. The van der Waals surface area contributed by atoms with E-state index in [1.807, 2.05) is 22.7 Å². The lowest BCUT2D eigenvalue weighted by Gasteiger charge is -2.23. The Labute approximate surface area is 118 Å². The van der Waals surface area contributed by atoms with E-state index in [9.17, 15) is 4.79 Å². The summed E-state index contributed by atoms with van der Waals surface area (Å²) in [6.07, 6.45) is 6.96. The van der Waals surface area contributed by atoms with Crippen LogP contribution in [0.4, 0.5) is 0 Å². The van der Waals surface area contributed by atoms with Gasteiger partial charge >= 0.3 is 0 Å². The average molecular weight is 278 g/mol. The highest BCUT2D eigenvalue weighted by Crippen LogP contribution is 2.39. The minimum atomic E-state index is -0.144. The molecule has 2 atom stereocenters. The molecule has 1 aliphatic heterocycles. The van der Waals surface area contributed by atoms with Gasteiger partial charge in [-0.2, -0.15) is 0 Å². The highest BCUT2D eigenvalue weighted by molar-refractivity contribution is 5.78. The van der Waals surface area contributed by atoms with E-state index in [-0.39, 0.29) is 18.1 Å². The third-order valence-corrected chi connectivity index (χ3v) is 4.66. The zero-order chi connectivity index (χ0) is 14.2.